The Labute approximate surface area is 481 Å². The SMILES string of the molecule is CC1(C)c2ccccc2-c2ccc(-c3ccc(N(c4ccc(-c5ccc6c(c5)C(C)(C)c5ccccc5-6)cc4)c4ccc(N(c5ccccc5)c5ccc(-c6c7ccccc7c(-c7ccccc7)c7ccccc67)cc5)cc4)cc3)cc21. The fourth-order valence-corrected chi connectivity index (χ4v) is 13.7. The Balaban J connectivity index is 0.798. The maximum Gasteiger partial charge on any atom is 0.0463 e. The van der Waals surface area contributed by atoms with E-state index in [0.717, 1.165) is 34.1 Å². The zero-order valence-corrected chi connectivity index (χ0v) is 46.6. The van der Waals surface area contributed by atoms with Crippen LogP contribution >= 0.6 is 0 Å². The Bertz CT molecular complexity index is 4370. The molecule has 0 N–H and O–H groups in total. The third kappa shape index (κ3) is 8.00. The van der Waals surface area contributed by atoms with Crippen LogP contribution in [0.3, 0.4) is 0 Å². The van der Waals surface area contributed by atoms with Crippen molar-refractivity contribution in [2.75, 3.05) is 9.80 Å². The fourth-order valence-electron chi connectivity index (χ4n) is 13.7. The molecule has 0 atom stereocenters. The summed E-state index contributed by atoms with van der Waals surface area (Å²) >= 11 is 0. The van der Waals surface area contributed by atoms with Gasteiger partial charge in [0.1, 0.15) is 0 Å². The summed E-state index contributed by atoms with van der Waals surface area (Å²) in [6, 6.07) is 108. The number of hydrogen-bond acceptors (Lipinski definition) is 2. The minimum Gasteiger partial charge on any atom is -0.311 e. The van der Waals surface area contributed by atoms with Crippen LogP contribution in [0.2, 0.25) is 0 Å². The van der Waals surface area contributed by atoms with Gasteiger partial charge in [0.2, 0.25) is 0 Å². The van der Waals surface area contributed by atoms with Gasteiger partial charge in [-0.25, -0.2) is 0 Å². The van der Waals surface area contributed by atoms with E-state index in [2.05, 4.69) is 329 Å². The highest BCUT2D eigenvalue weighted by Crippen LogP contribution is 2.52. The quantitative estimate of drug-likeness (QED) is 0.126. The smallest absolute Gasteiger partial charge is 0.0463 e. The molecule has 0 spiro atoms. The first-order chi connectivity index (χ1) is 40.2. The Morgan fingerprint density at radius 3 is 0.866 bits per heavy atom. The van der Waals surface area contributed by atoms with E-state index >= 15 is 0 Å². The third-order valence-corrected chi connectivity index (χ3v) is 17.9. The van der Waals surface area contributed by atoms with Gasteiger partial charge in [-0.2, -0.15) is 0 Å². The van der Waals surface area contributed by atoms with Crippen molar-refractivity contribution in [3.63, 3.8) is 0 Å². The fraction of sp³-hybridized carbons (Fsp3) is 0.0750. The molecule has 2 aliphatic rings. The van der Waals surface area contributed by atoms with Crippen molar-refractivity contribution in [3.05, 3.63) is 313 Å². The van der Waals surface area contributed by atoms with Gasteiger partial charge in [0.05, 0.1) is 0 Å². The predicted octanol–water partition coefficient (Wildman–Crippen LogP) is 22.2. The Morgan fingerprint density at radius 2 is 0.476 bits per heavy atom. The van der Waals surface area contributed by atoms with Crippen molar-refractivity contribution < 1.29 is 0 Å². The molecule has 0 aliphatic heterocycles. The minimum absolute atomic E-state index is 0.0713. The number of hydrogen-bond donors (Lipinski definition) is 0. The van der Waals surface area contributed by atoms with Crippen molar-refractivity contribution in [1.29, 1.82) is 0 Å². The molecule has 0 bridgehead atoms. The van der Waals surface area contributed by atoms with Crippen molar-refractivity contribution in [3.8, 4) is 66.8 Å². The van der Waals surface area contributed by atoms with Gasteiger partial charge in [0.15, 0.2) is 0 Å². The average molecular weight is 1050 g/mol. The molecule has 0 heterocycles. The summed E-state index contributed by atoms with van der Waals surface area (Å²) in [4.78, 5) is 4.75. The van der Waals surface area contributed by atoms with E-state index in [1.165, 1.54) is 111 Å². The number of benzene rings is 13. The zero-order chi connectivity index (χ0) is 55.1. The first kappa shape index (κ1) is 49.1. The molecule has 0 fully saturated rings. The van der Waals surface area contributed by atoms with Crippen LogP contribution in [0, 0.1) is 0 Å². The predicted molar refractivity (Wildman–Crippen MR) is 348 cm³/mol. The van der Waals surface area contributed by atoms with Crippen molar-refractivity contribution in [1.82, 2.24) is 0 Å². The molecule has 0 amide bonds. The van der Waals surface area contributed by atoms with E-state index in [9.17, 15) is 0 Å². The van der Waals surface area contributed by atoms with Crippen molar-refractivity contribution >= 4 is 55.7 Å². The maximum atomic E-state index is 2.41. The minimum atomic E-state index is -0.0713. The molecule has 0 saturated carbocycles. The number of anilines is 6. The van der Waals surface area contributed by atoms with Crippen LogP contribution in [0.4, 0.5) is 34.1 Å². The summed E-state index contributed by atoms with van der Waals surface area (Å²) in [7, 11) is 0. The van der Waals surface area contributed by atoms with Gasteiger partial charge in [0, 0.05) is 45.0 Å². The van der Waals surface area contributed by atoms with Gasteiger partial charge in [-0.3, -0.25) is 0 Å². The van der Waals surface area contributed by atoms with Crippen LogP contribution < -0.4 is 9.80 Å². The Hall–Kier alpha value is -10.0. The first-order valence-electron chi connectivity index (χ1n) is 28.7. The lowest BCUT2D eigenvalue weighted by atomic mass is 9.81. The zero-order valence-electron chi connectivity index (χ0n) is 46.6. The largest absolute Gasteiger partial charge is 0.311 e. The third-order valence-electron chi connectivity index (χ3n) is 17.9. The number of fused-ring (bicyclic) bond motifs is 8. The molecule has 82 heavy (non-hydrogen) atoms. The maximum absolute atomic E-state index is 2.41. The van der Waals surface area contributed by atoms with Gasteiger partial charge in [0.25, 0.3) is 0 Å². The second kappa shape index (κ2) is 19.4. The average Bonchev–Trinajstić information content (AvgIpc) is 3.99. The lowest BCUT2D eigenvalue weighted by Gasteiger charge is -2.29. The molecular weight excluding hydrogens is 989 g/mol. The van der Waals surface area contributed by atoms with Crippen molar-refractivity contribution in [2.24, 2.45) is 0 Å². The number of nitrogens with zero attached hydrogens (tertiary/aromatic N) is 2. The highest BCUT2D eigenvalue weighted by molar-refractivity contribution is 6.21. The molecule has 2 heteroatoms. The molecular formula is C80H60N2. The highest BCUT2D eigenvalue weighted by atomic mass is 15.2. The molecule has 2 nitrogen and oxygen atoms in total. The van der Waals surface area contributed by atoms with Gasteiger partial charge >= 0.3 is 0 Å². The second-order valence-corrected chi connectivity index (χ2v) is 23.2. The standard InChI is InChI=1S/C80H60N2/c1-79(2)73-29-17-15-23-65(73)67-49-37-57(51-75(67)79)53-31-39-60(40-32-53)82(61-41-33-54(34-42-61)58-38-50-68-66-24-16-18-30-74(66)80(3,4)76(68)52-58)64-47-45-63(46-48-64)81(59-21-9-6-10-22-59)62-43-35-56(36-44-62)78-71-27-13-11-25-69(71)77(55-19-7-5-8-20-55)70-26-12-14-28-72(70)78/h5-52H,1-4H3. The molecule has 0 saturated heterocycles. The molecule has 0 radical (unpaired) electrons. The van der Waals surface area contributed by atoms with Gasteiger partial charge in [-0.15, -0.1) is 0 Å². The summed E-state index contributed by atoms with van der Waals surface area (Å²) in [6.45, 7) is 9.42. The van der Waals surface area contributed by atoms with Gasteiger partial charge in [-0.05, 0) is 195 Å². The summed E-state index contributed by atoms with van der Waals surface area (Å²) in [5, 5.41) is 5.00. The van der Waals surface area contributed by atoms with Crippen LogP contribution in [0.1, 0.15) is 49.9 Å². The molecule has 0 aromatic heterocycles. The molecule has 15 rings (SSSR count). The van der Waals surface area contributed by atoms with Crippen LogP contribution in [0.25, 0.3) is 88.3 Å². The first-order valence-corrected chi connectivity index (χ1v) is 28.7. The van der Waals surface area contributed by atoms with E-state index in [1.54, 1.807) is 0 Å². The number of rotatable bonds is 10. The van der Waals surface area contributed by atoms with E-state index in [4.69, 9.17) is 0 Å². The number of para-hydroxylation sites is 1. The van der Waals surface area contributed by atoms with Crippen LogP contribution in [-0.2, 0) is 10.8 Å². The molecule has 2 aliphatic carbocycles. The van der Waals surface area contributed by atoms with Gasteiger partial charge < -0.3 is 9.80 Å². The Kier molecular flexibility index (Phi) is 11.6. The second-order valence-electron chi connectivity index (χ2n) is 23.2. The van der Waals surface area contributed by atoms with Crippen molar-refractivity contribution in [2.45, 2.75) is 38.5 Å². The molecule has 13 aromatic carbocycles. The monoisotopic (exact) mass is 1050 g/mol. The summed E-state index contributed by atoms with van der Waals surface area (Å²) in [5.41, 5.74) is 27.0. The van der Waals surface area contributed by atoms with Crippen LogP contribution in [-0.4, -0.2) is 0 Å². The van der Waals surface area contributed by atoms with E-state index < -0.39 is 0 Å². The summed E-state index contributed by atoms with van der Waals surface area (Å²) < 4.78 is 0. The van der Waals surface area contributed by atoms with Gasteiger partial charge in [-0.1, -0.05) is 234 Å². The van der Waals surface area contributed by atoms with E-state index in [1.807, 2.05) is 0 Å². The normalized spacial score (nSPS) is 13.3. The van der Waals surface area contributed by atoms with E-state index in [-0.39, 0.29) is 10.8 Å². The molecule has 390 valence electrons. The molecule has 13 aromatic rings. The summed E-state index contributed by atoms with van der Waals surface area (Å²) in [5.74, 6) is 0. The highest BCUT2D eigenvalue weighted by Gasteiger charge is 2.36. The summed E-state index contributed by atoms with van der Waals surface area (Å²) in [6.07, 6.45) is 0. The van der Waals surface area contributed by atoms with Crippen LogP contribution in [0.15, 0.2) is 291 Å². The lowest BCUT2D eigenvalue weighted by Crippen LogP contribution is -2.14. The lowest BCUT2D eigenvalue weighted by molar-refractivity contribution is 0.660. The topological polar surface area (TPSA) is 6.48 Å². The molecule has 0 unspecified atom stereocenters. The van der Waals surface area contributed by atoms with E-state index in [0.29, 0.717) is 0 Å². The Morgan fingerprint density at radius 1 is 0.207 bits per heavy atom. The van der Waals surface area contributed by atoms with Crippen LogP contribution in [0.5, 0.6) is 0 Å².